The highest BCUT2D eigenvalue weighted by Crippen LogP contribution is 2.35. The zero-order chi connectivity index (χ0) is 22.5. The first-order valence-corrected chi connectivity index (χ1v) is 10.3. The van der Waals surface area contributed by atoms with Gasteiger partial charge in [-0.25, -0.2) is 9.69 Å². The van der Waals surface area contributed by atoms with Gasteiger partial charge >= 0.3 is 6.03 Å². The van der Waals surface area contributed by atoms with Crippen molar-refractivity contribution in [3.63, 3.8) is 0 Å². The third kappa shape index (κ3) is 4.62. The van der Waals surface area contributed by atoms with Crippen LogP contribution in [0, 0.1) is 0 Å². The Morgan fingerprint density at radius 3 is 2.45 bits per heavy atom. The van der Waals surface area contributed by atoms with Crippen LogP contribution in [0.15, 0.2) is 52.5 Å². The van der Waals surface area contributed by atoms with Crippen molar-refractivity contribution in [2.24, 2.45) is 0 Å². The van der Waals surface area contributed by atoms with Crippen LogP contribution >= 0.6 is 15.9 Å². The molecule has 0 aromatic heterocycles. The second-order valence-electron chi connectivity index (χ2n) is 6.54. The Morgan fingerprint density at radius 2 is 1.81 bits per heavy atom. The first-order valence-electron chi connectivity index (χ1n) is 9.50. The lowest BCUT2D eigenvalue weighted by Crippen LogP contribution is -2.57. The molecule has 1 aliphatic rings. The van der Waals surface area contributed by atoms with Crippen LogP contribution in [-0.2, 0) is 14.3 Å². The molecule has 1 saturated heterocycles. The topological polar surface area (TPSA) is 96.4 Å². The summed E-state index contributed by atoms with van der Waals surface area (Å²) in [6.07, 6.45) is 1.37. The number of phenols is 1. The minimum Gasteiger partial charge on any atom is -0.504 e. The van der Waals surface area contributed by atoms with Gasteiger partial charge in [0.15, 0.2) is 11.5 Å². The first-order chi connectivity index (χ1) is 14.9. The van der Waals surface area contributed by atoms with Gasteiger partial charge in [-0.2, -0.15) is 0 Å². The molecule has 2 aromatic rings. The van der Waals surface area contributed by atoms with Crippen LogP contribution in [0.25, 0.3) is 6.08 Å². The number of barbiturate groups is 1. The van der Waals surface area contributed by atoms with E-state index in [1.54, 1.807) is 37.3 Å². The molecule has 31 heavy (non-hydrogen) atoms. The third-order valence-electron chi connectivity index (χ3n) is 4.54. The number of amides is 4. The van der Waals surface area contributed by atoms with Gasteiger partial charge in [0.25, 0.3) is 11.8 Å². The van der Waals surface area contributed by atoms with E-state index in [4.69, 9.17) is 9.47 Å². The summed E-state index contributed by atoms with van der Waals surface area (Å²) in [6.45, 7) is 2.21. The van der Waals surface area contributed by atoms with Gasteiger partial charge in [0, 0.05) is 11.6 Å². The minimum absolute atomic E-state index is 0.0108. The van der Waals surface area contributed by atoms with Gasteiger partial charge in [-0.05, 0) is 42.8 Å². The number of hydrogen-bond acceptors (Lipinski definition) is 6. The molecule has 3 rings (SSSR count). The number of para-hydroxylation sites is 1. The molecule has 1 N–H and O–H groups in total. The van der Waals surface area contributed by atoms with E-state index in [2.05, 4.69) is 15.9 Å². The molecule has 0 aliphatic carbocycles. The first kappa shape index (κ1) is 22.5. The number of carbonyl (C=O) groups excluding carboxylic acids is 3. The van der Waals surface area contributed by atoms with E-state index in [1.807, 2.05) is 0 Å². The number of anilines is 1. The number of methoxy groups -OCH3 is 1. The number of urea groups is 1. The number of halogens is 1. The van der Waals surface area contributed by atoms with Crippen LogP contribution in [-0.4, -0.2) is 54.7 Å². The number of aromatic hydroxyl groups is 1. The Kier molecular flexibility index (Phi) is 7.09. The third-order valence-corrected chi connectivity index (χ3v) is 5.23. The molecular weight excluding hydrogens is 468 g/mol. The molecule has 4 amide bonds. The van der Waals surface area contributed by atoms with Gasteiger partial charge in [0.05, 0.1) is 25.4 Å². The zero-order valence-corrected chi connectivity index (χ0v) is 18.6. The lowest BCUT2D eigenvalue weighted by molar-refractivity contribution is -0.129. The fourth-order valence-corrected chi connectivity index (χ4v) is 3.50. The van der Waals surface area contributed by atoms with E-state index in [-0.39, 0.29) is 30.2 Å². The van der Waals surface area contributed by atoms with Gasteiger partial charge in [0.2, 0.25) is 0 Å². The summed E-state index contributed by atoms with van der Waals surface area (Å²) in [4.78, 5) is 41.2. The second kappa shape index (κ2) is 9.76. The lowest BCUT2D eigenvalue weighted by atomic mass is 10.0. The number of nitrogens with zero attached hydrogens (tertiary/aromatic N) is 2. The van der Waals surface area contributed by atoms with Crippen molar-refractivity contribution in [2.75, 3.05) is 31.8 Å². The van der Waals surface area contributed by atoms with Crippen LogP contribution in [0.5, 0.6) is 11.5 Å². The van der Waals surface area contributed by atoms with Crippen molar-refractivity contribution in [1.29, 1.82) is 0 Å². The Hall–Kier alpha value is -3.17. The Balaban J connectivity index is 2.11. The molecule has 0 unspecified atom stereocenters. The second-order valence-corrected chi connectivity index (χ2v) is 7.40. The van der Waals surface area contributed by atoms with Gasteiger partial charge in [-0.1, -0.05) is 34.1 Å². The summed E-state index contributed by atoms with van der Waals surface area (Å²) in [5, 5.41) is 10.0. The number of phenolic OH excluding ortho intramolecular Hbond substituents is 1. The number of hydrogen-bond donors (Lipinski definition) is 1. The fraction of sp³-hybridized carbons (Fsp3) is 0.227. The number of carbonyl (C=O) groups is 3. The highest BCUT2D eigenvalue weighted by atomic mass is 79.9. The minimum atomic E-state index is -0.743. The van der Waals surface area contributed by atoms with E-state index in [1.165, 1.54) is 25.3 Å². The molecule has 1 heterocycles. The van der Waals surface area contributed by atoms with Gasteiger partial charge in [-0.15, -0.1) is 0 Å². The molecule has 0 atom stereocenters. The van der Waals surface area contributed by atoms with Gasteiger partial charge in [-0.3, -0.25) is 14.5 Å². The summed E-state index contributed by atoms with van der Waals surface area (Å²) in [6, 6.07) is 10.6. The lowest BCUT2D eigenvalue weighted by Gasteiger charge is -2.33. The molecule has 0 spiro atoms. The Morgan fingerprint density at radius 1 is 1.10 bits per heavy atom. The van der Waals surface area contributed by atoms with E-state index < -0.39 is 17.8 Å². The van der Waals surface area contributed by atoms with Crippen molar-refractivity contribution in [3.05, 3.63) is 58.1 Å². The molecule has 0 saturated carbocycles. The SMILES string of the molecule is CCOc1cc(/C=C2/C(=O)N(CCOC)C(=O)N(c3ccccc3)C2=O)c(Br)cc1O. The van der Waals surface area contributed by atoms with Crippen molar-refractivity contribution < 1.29 is 29.0 Å². The van der Waals surface area contributed by atoms with Crippen LogP contribution in [0.2, 0.25) is 0 Å². The molecule has 2 aromatic carbocycles. The van der Waals surface area contributed by atoms with Crippen LogP contribution < -0.4 is 9.64 Å². The van der Waals surface area contributed by atoms with Crippen molar-refractivity contribution >= 4 is 45.5 Å². The van der Waals surface area contributed by atoms with Crippen LogP contribution in [0.3, 0.4) is 0 Å². The Bertz CT molecular complexity index is 1040. The monoisotopic (exact) mass is 488 g/mol. The average molecular weight is 489 g/mol. The zero-order valence-electron chi connectivity index (χ0n) is 17.0. The van der Waals surface area contributed by atoms with Gasteiger partial charge in [0.1, 0.15) is 5.57 Å². The maximum Gasteiger partial charge on any atom is 0.338 e. The molecule has 0 radical (unpaired) electrons. The molecule has 1 fully saturated rings. The summed E-state index contributed by atoms with van der Waals surface area (Å²) in [5.41, 5.74) is 0.582. The molecule has 9 heteroatoms. The van der Waals surface area contributed by atoms with E-state index in [9.17, 15) is 19.5 Å². The number of rotatable bonds is 7. The maximum absolute atomic E-state index is 13.2. The summed E-state index contributed by atoms with van der Waals surface area (Å²) in [5.74, 6) is -1.34. The molecule has 162 valence electrons. The smallest absolute Gasteiger partial charge is 0.338 e. The van der Waals surface area contributed by atoms with Gasteiger partial charge < -0.3 is 14.6 Å². The van der Waals surface area contributed by atoms with Crippen LogP contribution in [0.4, 0.5) is 10.5 Å². The summed E-state index contributed by atoms with van der Waals surface area (Å²) in [7, 11) is 1.46. The van der Waals surface area contributed by atoms with Crippen LogP contribution in [0.1, 0.15) is 12.5 Å². The predicted octanol–water partition coefficient (Wildman–Crippen LogP) is 3.58. The average Bonchev–Trinajstić information content (AvgIpc) is 2.75. The summed E-state index contributed by atoms with van der Waals surface area (Å²) < 4.78 is 10.9. The number of imide groups is 2. The maximum atomic E-state index is 13.2. The Labute approximate surface area is 187 Å². The van der Waals surface area contributed by atoms with E-state index >= 15 is 0 Å². The predicted molar refractivity (Wildman–Crippen MR) is 118 cm³/mol. The van der Waals surface area contributed by atoms with E-state index in [0.717, 1.165) is 9.80 Å². The molecular formula is C22H21BrN2O6. The normalized spacial score (nSPS) is 15.7. The molecule has 8 nitrogen and oxygen atoms in total. The standard InChI is InChI=1S/C22H21BrN2O6/c1-3-31-19-12-14(17(23)13-18(19)26)11-16-20(27)24(9-10-30-2)22(29)25(21(16)28)15-7-5-4-6-8-15/h4-8,11-13,26H,3,9-10H2,1-2H3/b16-11-. The highest BCUT2D eigenvalue weighted by Gasteiger charge is 2.42. The quantitative estimate of drug-likeness (QED) is 0.472. The largest absolute Gasteiger partial charge is 0.504 e. The van der Waals surface area contributed by atoms with E-state index in [0.29, 0.717) is 22.3 Å². The number of benzene rings is 2. The summed E-state index contributed by atoms with van der Waals surface area (Å²) >= 11 is 3.33. The molecule has 1 aliphatic heterocycles. The van der Waals surface area contributed by atoms with Crippen molar-refractivity contribution in [3.8, 4) is 11.5 Å². The van der Waals surface area contributed by atoms with Crippen molar-refractivity contribution in [1.82, 2.24) is 4.90 Å². The fourth-order valence-electron chi connectivity index (χ4n) is 3.06. The van der Waals surface area contributed by atoms with Crippen molar-refractivity contribution in [2.45, 2.75) is 6.92 Å². The number of ether oxygens (including phenoxy) is 2. The molecule has 0 bridgehead atoms. The highest BCUT2D eigenvalue weighted by molar-refractivity contribution is 9.10.